The van der Waals surface area contributed by atoms with Crippen molar-refractivity contribution in [1.29, 1.82) is 0 Å². The van der Waals surface area contributed by atoms with Gasteiger partial charge in [-0.25, -0.2) is 4.98 Å². The van der Waals surface area contributed by atoms with Gasteiger partial charge in [0.15, 0.2) is 10.8 Å². The van der Waals surface area contributed by atoms with Gasteiger partial charge in [-0.1, -0.05) is 11.6 Å². The summed E-state index contributed by atoms with van der Waals surface area (Å²) in [6.45, 7) is 3.96. The van der Waals surface area contributed by atoms with Crippen LogP contribution in [0.3, 0.4) is 0 Å². The second kappa shape index (κ2) is 8.39. The Kier molecular flexibility index (Phi) is 5.69. The third-order valence-corrected chi connectivity index (χ3v) is 6.00. The van der Waals surface area contributed by atoms with Crippen LogP contribution in [0.5, 0.6) is 0 Å². The van der Waals surface area contributed by atoms with E-state index in [2.05, 4.69) is 4.98 Å². The minimum absolute atomic E-state index is 0.0241. The number of hydrogen-bond acceptors (Lipinski definition) is 5. The fourth-order valence-corrected chi connectivity index (χ4v) is 4.16. The van der Waals surface area contributed by atoms with Crippen LogP contribution >= 0.6 is 22.9 Å². The van der Waals surface area contributed by atoms with Crippen molar-refractivity contribution in [1.82, 2.24) is 14.8 Å². The molecule has 6 nitrogen and oxygen atoms in total. The maximum Gasteiger partial charge on any atom is 0.253 e. The summed E-state index contributed by atoms with van der Waals surface area (Å²) < 4.78 is 5.59. The van der Waals surface area contributed by atoms with Crippen LogP contribution in [-0.4, -0.2) is 52.8 Å². The molecule has 1 saturated heterocycles. The quantitative estimate of drug-likeness (QED) is 0.631. The number of piperazine rings is 1. The fraction of sp³-hybridized carbons (Fsp3) is 0.286. The third kappa shape index (κ3) is 4.52. The van der Waals surface area contributed by atoms with Crippen LogP contribution < -0.4 is 0 Å². The Hall–Kier alpha value is -2.64. The van der Waals surface area contributed by atoms with E-state index in [0.29, 0.717) is 36.8 Å². The van der Waals surface area contributed by atoms with Crippen molar-refractivity contribution in [2.45, 2.75) is 13.3 Å². The minimum atomic E-state index is -0.0355. The lowest BCUT2D eigenvalue weighted by molar-refractivity contribution is -0.132. The molecule has 0 unspecified atom stereocenters. The lowest BCUT2D eigenvalue weighted by atomic mass is 10.1. The largest absolute Gasteiger partial charge is 0.459 e. The molecule has 150 valence electrons. The predicted molar refractivity (Wildman–Crippen MR) is 112 cm³/mol. The van der Waals surface area contributed by atoms with Gasteiger partial charge in [-0.3, -0.25) is 9.59 Å². The standard InChI is InChI=1S/C21H20ClN3O3S/c1-14-2-7-18(28-14)20-23-17(13-29-20)12-19(26)24-8-10-25(11-9-24)21(27)15-3-5-16(22)6-4-15/h2-7,13H,8-12H2,1H3. The molecule has 8 heteroatoms. The normalized spacial score (nSPS) is 14.3. The Balaban J connectivity index is 1.32. The predicted octanol–water partition coefficient (Wildman–Crippen LogP) is 3.89. The Morgan fingerprint density at radius 1 is 1.07 bits per heavy atom. The van der Waals surface area contributed by atoms with E-state index in [1.165, 1.54) is 11.3 Å². The Morgan fingerprint density at radius 2 is 1.76 bits per heavy atom. The summed E-state index contributed by atoms with van der Waals surface area (Å²) in [6, 6.07) is 10.6. The number of benzene rings is 1. The molecular formula is C21H20ClN3O3S. The molecule has 4 rings (SSSR count). The van der Waals surface area contributed by atoms with Crippen molar-refractivity contribution in [2.75, 3.05) is 26.2 Å². The van der Waals surface area contributed by atoms with Gasteiger partial charge in [-0.2, -0.15) is 0 Å². The lowest BCUT2D eigenvalue weighted by Gasteiger charge is -2.34. The van der Waals surface area contributed by atoms with E-state index in [9.17, 15) is 9.59 Å². The molecule has 1 aromatic carbocycles. The molecule has 3 heterocycles. The lowest BCUT2D eigenvalue weighted by Crippen LogP contribution is -2.51. The summed E-state index contributed by atoms with van der Waals surface area (Å²) in [5.41, 5.74) is 1.35. The van der Waals surface area contributed by atoms with Crippen LogP contribution in [0.4, 0.5) is 0 Å². The van der Waals surface area contributed by atoms with E-state index >= 15 is 0 Å². The highest BCUT2D eigenvalue weighted by molar-refractivity contribution is 7.13. The van der Waals surface area contributed by atoms with E-state index < -0.39 is 0 Å². The van der Waals surface area contributed by atoms with Crippen molar-refractivity contribution in [3.05, 3.63) is 63.8 Å². The number of thiazole rings is 1. The zero-order valence-corrected chi connectivity index (χ0v) is 17.5. The number of halogens is 1. The molecule has 29 heavy (non-hydrogen) atoms. The van der Waals surface area contributed by atoms with E-state index in [1.807, 2.05) is 24.4 Å². The number of rotatable bonds is 4. The molecule has 0 aliphatic carbocycles. The minimum Gasteiger partial charge on any atom is -0.459 e. The third-order valence-electron chi connectivity index (χ3n) is 4.85. The number of aryl methyl sites for hydroxylation is 1. The van der Waals surface area contributed by atoms with Gasteiger partial charge in [-0.05, 0) is 43.3 Å². The van der Waals surface area contributed by atoms with Crippen LogP contribution in [0.2, 0.25) is 5.02 Å². The van der Waals surface area contributed by atoms with E-state index in [0.717, 1.165) is 22.2 Å². The molecule has 0 spiro atoms. The summed E-state index contributed by atoms with van der Waals surface area (Å²) in [5.74, 6) is 1.54. The Labute approximate surface area is 177 Å². The summed E-state index contributed by atoms with van der Waals surface area (Å²) in [5, 5.41) is 3.27. The molecule has 0 atom stereocenters. The molecule has 0 bridgehead atoms. The molecular weight excluding hydrogens is 410 g/mol. The van der Waals surface area contributed by atoms with E-state index in [1.54, 1.807) is 34.1 Å². The van der Waals surface area contributed by atoms with Crippen LogP contribution in [0.1, 0.15) is 21.8 Å². The average Bonchev–Trinajstić information content (AvgIpc) is 3.37. The van der Waals surface area contributed by atoms with Crippen LogP contribution in [0.25, 0.3) is 10.8 Å². The second-order valence-corrected chi connectivity index (χ2v) is 8.21. The maximum atomic E-state index is 12.7. The van der Waals surface area contributed by atoms with Gasteiger partial charge in [0.25, 0.3) is 5.91 Å². The number of nitrogens with zero attached hydrogens (tertiary/aromatic N) is 3. The fourth-order valence-electron chi connectivity index (χ4n) is 3.25. The summed E-state index contributed by atoms with van der Waals surface area (Å²) in [7, 11) is 0. The monoisotopic (exact) mass is 429 g/mol. The van der Waals surface area contributed by atoms with E-state index in [-0.39, 0.29) is 18.2 Å². The summed E-state index contributed by atoms with van der Waals surface area (Å²) in [4.78, 5) is 33.3. The summed E-state index contributed by atoms with van der Waals surface area (Å²) >= 11 is 7.35. The highest BCUT2D eigenvalue weighted by Gasteiger charge is 2.25. The van der Waals surface area contributed by atoms with Crippen molar-refractivity contribution >= 4 is 34.8 Å². The van der Waals surface area contributed by atoms with Gasteiger partial charge in [0.2, 0.25) is 5.91 Å². The molecule has 0 N–H and O–H groups in total. The zero-order valence-electron chi connectivity index (χ0n) is 15.9. The highest BCUT2D eigenvalue weighted by Crippen LogP contribution is 2.26. The van der Waals surface area contributed by atoms with Gasteiger partial charge in [0.1, 0.15) is 5.76 Å². The van der Waals surface area contributed by atoms with Crippen molar-refractivity contribution in [3.8, 4) is 10.8 Å². The molecule has 2 amide bonds. The number of carbonyl (C=O) groups excluding carboxylic acids is 2. The summed E-state index contributed by atoms with van der Waals surface area (Å²) in [6.07, 6.45) is 0.251. The van der Waals surface area contributed by atoms with Crippen LogP contribution in [0.15, 0.2) is 46.2 Å². The zero-order chi connectivity index (χ0) is 20.4. The van der Waals surface area contributed by atoms with Crippen molar-refractivity contribution in [2.24, 2.45) is 0 Å². The van der Waals surface area contributed by atoms with Gasteiger partial charge in [-0.15, -0.1) is 11.3 Å². The Bertz CT molecular complexity index is 1020. The maximum absolute atomic E-state index is 12.7. The average molecular weight is 430 g/mol. The molecule has 3 aromatic rings. The first-order chi connectivity index (χ1) is 14.0. The SMILES string of the molecule is Cc1ccc(-c2nc(CC(=O)N3CCN(C(=O)c4ccc(Cl)cc4)CC3)cs2)o1. The molecule has 0 radical (unpaired) electrons. The molecule has 1 aliphatic heterocycles. The number of amides is 2. The van der Waals surface area contributed by atoms with Crippen LogP contribution in [0, 0.1) is 6.92 Å². The van der Waals surface area contributed by atoms with Crippen molar-refractivity contribution in [3.63, 3.8) is 0 Å². The van der Waals surface area contributed by atoms with E-state index in [4.69, 9.17) is 16.0 Å². The number of hydrogen-bond donors (Lipinski definition) is 0. The first-order valence-electron chi connectivity index (χ1n) is 9.33. The topological polar surface area (TPSA) is 66.7 Å². The van der Waals surface area contributed by atoms with Gasteiger partial charge >= 0.3 is 0 Å². The molecule has 1 aliphatic rings. The first-order valence-corrected chi connectivity index (χ1v) is 10.6. The number of carbonyl (C=O) groups is 2. The highest BCUT2D eigenvalue weighted by atomic mass is 35.5. The van der Waals surface area contributed by atoms with Crippen molar-refractivity contribution < 1.29 is 14.0 Å². The second-order valence-electron chi connectivity index (χ2n) is 6.91. The number of furan rings is 1. The first kappa shape index (κ1) is 19.7. The number of aromatic nitrogens is 1. The smallest absolute Gasteiger partial charge is 0.253 e. The van der Waals surface area contributed by atoms with Gasteiger partial charge in [0, 0.05) is 42.1 Å². The van der Waals surface area contributed by atoms with Gasteiger partial charge in [0.05, 0.1) is 12.1 Å². The van der Waals surface area contributed by atoms with Gasteiger partial charge < -0.3 is 14.2 Å². The molecule has 2 aromatic heterocycles. The molecule has 0 saturated carbocycles. The van der Waals surface area contributed by atoms with Crippen LogP contribution in [-0.2, 0) is 11.2 Å². The molecule has 1 fully saturated rings. The Morgan fingerprint density at radius 3 is 2.41 bits per heavy atom.